The predicted molar refractivity (Wildman–Crippen MR) is 144 cm³/mol. The number of anilines is 1. The second kappa shape index (κ2) is 11.1. The van der Waals surface area contributed by atoms with Crippen LogP contribution in [-0.2, 0) is 0 Å². The summed E-state index contributed by atoms with van der Waals surface area (Å²) in [5.74, 6) is -0.737. The van der Waals surface area contributed by atoms with E-state index in [4.69, 9.17) is 31.5 Å². The van der Waals surface area contributed by atoms with Gasteiger partial charge in [0.05, 0.1) is 37.6 Å². The lowest BCUT2D eigenvalue weighted by Gasteiger charge is -2.15. The van der Waals surface area contributed by atoms with Crippen LogP contribution in [0, 0.1) is 0 Å². The summed E-state index contributed by atoms with van der Waals surface area (Å²) in [6, 6.07) is 16.0. The van der Waals surface area contributed by atoms with Crippen molar-refractivity contribution in [3.63, 3.8) is 0 Å². The Morgan fingerprint density at radius 3 is 2.29 bits per heavy atom. The van der Waals surface area contributed by atoms with E-state index in [0.717, 1.165) is 0 Å². The number of nitrogens with one attached hydrogen (secondary N) is 1. The highest BCUT2D eigenvalue weighted by molar-refractivity contribution is 6.32. The molecule has 0 aliphatic carbocycles. The number of nitrogens with zero attached hydrogens (tertiary/aromatic N) is 2. The zero-order valence-electron chi connectivity index (χ0n) is 20.6. The van der Waals surface area contributed by atoms with E-state index in [9.17, 15) is 14.7 Å². The monoisotopic (exact) mass is 534 g/mol. The number of fused-ring (bicyclic) bond motifs is 1. The minimum absolute atomic E-state index is 0.0421. The molecule has 0 fully saturated rings. The van der Waals surface area contributed by atoms with Crippen LogP contribution in [0.3, 0.4) is 0 Å². The molecule has 2 amide bonds. The molecule has 4 aromatic rings. The molecule has 0 aliphatic rings. The molecule has 4 rings (SSSR count). The first-order valence-electron chi connectivity index (χ1n) is 11.1. The molecule has 0 bridgehead atoms. The minimum atomic E-state index is -0.648. The highest BCUT2D eigenvalue weighted by atomic mass is 35.5. The van der Waals surface area contributed by atoms with Gasteiger partial charge in [0.25, 0.3) is 5.91 Å². The Bertz CT molecular complexity index is 1590. The third-order valence-corrected chi connectivity index (χ3v) is 5.98. The largest absolute Gasteiger partial charge is 0.505 e. The van der Waals surface area contributed by atoms with Gasteiger partial charge in [-0.3, -0.25) is 9.59 Å². The third-order valence-electron chi connectivity index (χ3n) is 5.68. The average molecular weight is 535 g/mol. The smallest absolute Gasteiger partial charge is 0.259 e. The molecule has 4 aromatic carbocycles. The van der Waals surface area contributed by atoms with Crippen LogP contribution >= 0.6 is 11.6 Å². The van der Waals surface area contributed by atoms with Crippen molar-refractivity contribution in [1.29, 1.82) is 0 Å². The zero-order chi connectivity index (χ0) is 27.4. The number of aromatic hydroxyl groups is 1. The van der Waals surface area contributed by atoms with Crippen molar-refractivity contribution in [3.8, 4) is 23.0 Å². The van der Waals surface area contributed by atoms with Crippen molar-refractivity contribution in [2.24, 2.45) is 16.0 Å². The molecule has 0 heterocycles. The van der Waals surface area contributed by atoms with Crippen LogP contribution in [-0.4, -0.2) is 38.3 Å². The van der Waals surface area contributed by atoms with Crippen LogP contribution < -0.4 is 25.3 Å². The molecule has 0 aromatic heterocycles. The Morgan fingerprint density at radius 1 is 0.895 bits per heavy atom. The normalized spacial score (nSPS) is 10.9. The van der Waals surface area contributed by atoms with E-state index >= 15 is 0 Å². The van der Waals surface area contributed by atoms with Crippen molar-refractivity contribution < 1.29 is 28.9 Å². The second-order valence-corrected chi connectivity index (χ2v) is 8.34. The van der Waals surface area contributed by atoms with E-state index < -0.39 is 17.6 Å². The molecule has 0 radical (unpaired) electrons. The maximum Gasteiger partial charge on any atom is 0.259 e. The van der Waals surface area contributed by atoms with Crippen molar-refractivity contribution in [2.45, 2.75) is 0 Å². The molecule has 11 heteroatoms. The summed E-state index contributed by atoms with van der Waals surface area (Å²) >= 11 is 6.16. The van der Waals surface area contributed by atoms with Gasteiger partial charge in [-0.25, -0.2) is 0 Å². The fraction of sp³-hybridized carbons (Fsp3) is 0.111. The summed E-state index contributed by atoms with van der Waals surface area (Å²) in [5.41, 5.74) is 6.05. The van der Waals surface area contributed by atoms with Crippen molar-refractivity contribution in [2.75, 3.05) is 26.6 Å². The molecule has 0 saturated heterocycles. The number of ether oxygens (including phenoxy) is 3. The predicted octanol–water partition coefficient (Wildman–Crippen LogP) is 5.99. The molecule has 10 nitrogen and oxygen atoms in total. The van der Waals surface area contributed by atoms with Gasteiger partial charge in [-0.2, -0.15) is 0 Å². The fourth-order valence-corrected chi connectivity index (χ4v) is 4.00. The van der Waals surface area contributed by atoms with E-state index in [2.05, 4.69) is 15.5 Å². The van der Waals surface area contributed by atoms with Crippen LogP contribution in [0.5, 0.6) is 23.0 Å². The van der Waals surface area contributed by atoms with E-state index in [1.807, 2.05) is 0 Å². The number of methoxy groups -OCH3 is 3. The molecule has 194 valence electrons. The maximum absolute atomic E-state index is 13.3. The quantitative estimate of drug-likeness (QED) is 0.237. The average Bonchev–Trinajstić information content (AvgIpc) is 2.92. The lowest BCUT2D eigenvalue weighted by molar-refractivity contribution is 0.0997. The SMILES string of the molecule is COc1cc(NC(=O)c2cc3ccccc3c(N=Nc3cc(C(N)=O)ccc3OC)c2O)c(OC)cc1Cl. The van der Waals surface area contributed by atoms with Crippen molar-refractivity contribution >= 4 is 51.2 Å². The molecule has 38 heavy (non-hydrogen) atoms. The first kappa shape index (κ1) is 26.2. The Kier molecular flexibility index (Phi) is 7.63. The van der Waals surface area contributed by atoms with Crippen LogP contribution in [0.25, 0.3) is 10.8 Å². The van der Waals surface area contributed by atoms with E-state index in [0.29, 0.717) is 33.0 Å². The zero-order valence-corrected chi connectivity index (χ0v) is 21.4. The molecular formula is C27H23ClN4O6. The van der Waals surface area contributed by atoms with Crippen LogP contribution in [0.1, 0.15) is 20.7 Å². The van der Waals surface area contributed by atoms with E-state index in [1.165, 1.54) is 57.7 Å². The molecule has 4 N–H and O–H groups in total. The molecule has 0 aliphatic heterocycles. The van der Waals surface area contributed by atoms with E-state index in [1.54, 1.807) is 24.3 Å². The highest BCUT2D eigenvalue weighted by Crippen LogP contribution is 2.41. The van der Waals surface area contributed by atoms with Crippen molar-refractivity contribution in [1.82, 2.24) is 0 Å². The summed E-state index contributed by atoms with van der Waals surface area (Å²) in [6.45, 7) is 0. The number of nitrogens with two attached hydrogens (primary N) is 1. The van der Waals surface area contributed by atoms with Crippen LogP contribution in [0.4, 0.5) is 17.1 Å². The van der Waals surface area contributed by atoms with E-state index in [-0.39, 0.29) is 28.2 Å². The number of hydrogen-bond acceptors (Lipinski definition) is 8. The lowest BCUT2D eigenvalue weighted by Crippen LogP contribution is -2.13. The molecule has 0 saturated carbocycles. The molecule has 0 atom stereocenters. The first-order valence-corrected chi connectivity index (χ1v) is 11.5. The number of halogens is 1. The summed E-state index contributed by atoms with van der Waals surface area (Å²) in [6.07, 6.45) is 0. The van der Waals surface area contributed by atoms with Gasteiger partial charge in [-0.15, -0.1) is 10.2 Å². The molecule has 0 spiro atoms. The number of azo groups is 1. The summed E-state index contributed by atoms with van der Waals surface area (Å²) < 4.78 is 15.9. The number of rotatable bonds is 8. The number of carbonyl (C=O) groups is 2. The highest BCUT2D eigenvalue weighted by Gasteiger charge is 2.21. The van der Waals surface area contributed by atoms with Gasteiger partial charge in [0.15, 0.2) is 5.75 Å². The first-order chi connectivity index (χ1) is 18.3. The van der Waals surface area contributed by atoms with Gasteiger partial charge in [0, 0.05) is 23.1 Å². The maximum atomic E-state index is 13.3. The van der Waals surface area contributed by atoms with Crippen LogP contribution in [0.15, 0.2) is 70.9 Å². The lowest BCUT2D eigenvalue weighted by atomic mass is 10.0. The van der Waals surface area contributed by atoms with Gasteiger partial charge in [0.2, 0.25) is 5.91 Å². The van der Waals surface area contributed by atoms with Gasteiger partial charge in [0.1, 0.15) is 28.6 Å². The summed E-state index contributed by atoms with van der Waals surface area (Å²) in [5, 5.41) is 23.8. The minimum Gasteiger partial charge on any atom is -0.505 e. The van der Waals surface area contributed by atoms with Crippen LogP contribution in [0.2, 0.25) is 5.02 Å². The Balaban J connectivity index is 1.81. The summed E-state index contributed by atoms with van der Waals surface area (Å²) in [4.78, 5) is 25.0. The number of hydrogen-bond donors (Lipinski definition) is 3. The second-order valence-electron chi connectivity index (χ2n) is 7.93. The molecular weight excluding hydrogens is 512 g/mol. The number of amides is 2. The number of phenolic OH excluding ortho intramolecular Hbond substituents is 1. The van der Waals surface area contributed by atoms with Gasteiger partial charge >= 0.3 is 0 Å². The van der Waals surface area contributed by atoms with Crippen molar-refractivity contribution in [3.05, 3.63) is 76.8 Å². The topological polar surface area (TPSA) is 145 Å². The fourth-order valence-electron chi connectivity index (χ4n) is 3.76. The standard InChI is InChI=1S/C27H23ClN4O6/c1-36-21-9-8-15(26(29)34)11-20(21)31-32-24-16-7-5-4-6-14(16)10-17(25(24)33)27(35)30-19-13-22(37-2)18(28)12-23(19)38-3/h4-13,33H,1-3H3,(H2,29,34)(H,30,35). The number of carbonyl (C=O) groups excluding carboxylic acids is 2. The third kappa shape index (κ3) is 5.16. The number of phenols is 1. The van der Waals surface area contributed by atoms with Gasteiger partial charge in [-0.1, -0.05) is 35.9 Å². The Morgan fingerprint density at radius 2 is 1.61 bits per heavy atom. The molecule has 0 unspecified atom stereocenters. The van der Waals surface area contributed by atoms with Gasteiger partial charge in [-0.05, 0) is 29.7 Å². The number of primary amides is 1. The number of benzene rings is 4. The van der Waals surface area contributed by atoms with Gasteiger partial charge < -0.3 is 30.4 Å². The Hall–Kier alpha value is -4.83. The Labute approximate surface area is 222 Å². The summed E-state index contributed by atoms with van der Waals surface area (Å²) in [7, 11) is 4.32.